The van der Waals surface area contributed by atoms with E-state index in [1.165, 1.54) is 21.3 Å². The molecule has 0 amide bonds. The molecule has 0 spiro atoms. The van der Waals surface area contributed by atoms with Crippen LogP contribution in [0.2, 0.25) is 0 Å². The summed E-state index contributed by atoms with van der Waals surface area (Å²) in [6, 6.07) is 0. The summed E-state index contributed by atoms with van der Waals surface area (Å²) in [5.41, 5.74) is 12.1. The Labute approximate surface area is 87.1 Å². The minimum Gasteiger partial charge on any atom is -0.375 e. The summed E-state index contributed by atoms with van der Waals surface area (Å²) in [6.45, 7) is 3.97. The number of nitrogens with two attached hydrogens (primary N) is 2. The molecule has 0 rings (SSSR count). The van der Waals surface area contributed by atoms with E-state index in [9.17, 15) is 0 Å². The molecule has 0 aliphatic heterocycles. The summed E-state index contributed by atoms with van der Waals surface area (Å²) in [6.07, 6.45) is 0.845. The molecule has 0 heterocycles. The van der Waals surface area contributed by atoms with Gasteiger partial charge in [-0.15, -0.1) is 0 Å². The van der Waals surface area contributed by atoms with Gasteiger partial charge in [-0.3, -0.25) is 0 Å². The van der Waals surface area contributed by atoms with Crippen LogP contribution in [0.4, 0.5) is 0 Å². The van der Waals surface area contributed by atoms with Crippen molar-refractivity contribution in [2.24, 2.45) is 17.4 Å². The Hall–Kier alpha value is 0.0169. The second-order valence-corrected chi connectivity index (χ2v) is 6.61. The van der Waals surface area contributed by atoms with Crippen molar-refractivity contribution in [3.05, 3.63) is 0 Å². The third kappa shape index (κ3) is 2.15. The van der Waals surface area contributed by atoms with Gasteiger partial charge in [-0.05, 0) is 5.92 Å². The van der Waals surface area contributed by atoms with Gasteiger partial charge in [0, 0.05) is 21.3 Å². The Bertz CT molecular complexity index is 166. The predicted molar refractivity (Wildman–Crippen MR) is 57.3 cm³/mol. The van der Waals surface area contributed by atoms with Gasteiger partial charge in [0.2, 0.25) is 0 Å². The van der Waals surface area contributed by atoms with E-state index < -0.39 is 14.1 Å². The number of rotatable bonds is 6. The van der Waals surface area contributed by atoms with Crippen molar-refractivity contribution < 1.29 is 13.3 Å². The van der Waals surface area contributed by atoms with Crippen LogP contribution in [0.3, 0.4) is 0 Å². The molecule has 4 N–H and O–H groups in total. The van der Waals surface area contributed by atoms with Crippen molar-refractivity contribution in [2.75, 3.05) is 21.3 Å². The lowest BCUT2D eigenvalue weighted by Crippen LogP contribution is -2.76. The van der Waals surface area contributed by atoms with Crippen LogP contribution in [0.1, 0.15) is 20.3 Å². The molecule has 0 aliphatic rings. The van der Waals surface area contributed by atoms with Gasteiger partial charge in [-0.1, -0.05) is 20.3 Å². The number of hydrogen-bond donors (Lipinski definition) is 2. The minimum absolute atomic E-state index is 0.0639. The molecule has 0 fully saturated rings. The van der Waals surface area contributed by atoms with E-state index in [0.717, 1.165) is 6.42 Å². The van der Waals surface area contributed by atoms with Gasteiger partial charge in [-0.2, -0.15) is 0 Å². The van der Waals surface area contributed by atoms with E-state index in [1.807, 2.05) is 13.8 Å². The van der Waals surface area contributed by atoms with E-state index in [0.29, 0.717) is 0 Å². The highest BCUT2D eigenvalue weighted by Gasteiger charge is 2.58. The standard InChI is InChI=1S/C8H22N2O3Si/c1-6-7(2)8(9,10)14(11-3,12-4)13-5/h7H,6,9-10H2,1-5H3. The molecule has 5 nitrogen and oxygen atoms in total. The molecule has 1 atom stereocenters. The monoisotopic (exact) mass is 222 g/mol. The third-order valence-electron chi connectivity index (χ3n) is 2.76. The summed E-state index contributed by atoms with van der Waals surface area (Å²) < 4.78 is 15.8. The lowest BCUT2D eigenvalue weighted by molar-refractivity contribution is 0.0775. The molecule has 0 radical (unpaired) electrons. The second-order valence-electron chi connectivity index (χ2n) is 3.41. The predicted octanol–water partition coefficient (Wildman–Crippen LogP) is 0.0635. The quantitative estimate of drug-likeness (QED) is 0.491. The Kier molecular flexibility index (Phi) is 5.20. The topological polar surface area (TPSA) is 79.7 Å². The van der Waals surface area contributed by atoms with Gasteiger partial charge in [-0.25, -0.2) is 0 Å². The highest BCUT2D eigenvalue weighted by molar-refractivity contribution is 6.64. The van der Waals surface area contributed by atoms with Gasteiger partial charge < -0.3 is 24.7 Å². The summed E-state index contributed by atoms with van der Waals surface area (Å²) in [5, 5.41) is -1.06. The first-order valence-corrected chi connectivity index (χ1v) is 6.37. The zero-order valence-electron chi connectivity index (χ0n) is 9.66. The third-order valence-corrected chi connectivity index (χ3v) is 5.93. The normalized spacial score (nSPS) is 15.6. The first-order chi connectivity index (χ1) is 6.41. The van der Waals surface area contributed by atoms with Crippen LogP contribution in [0.15, 0.2) is 0 Å². The Morgan fingerprint density at radius 3 is 1.71 bits per heavy atom. The molecule has 86 valence electrons. The maximum atomic E-state index is 6.05. The lowest BCUT2D eigenvalue weighted by atomic mass is 10.1. The van der Waals surface area contributed by atoms with Crippen molar-refractivity contribution in [1.82, 2.24) is 0 Å². The Balaban J connectivity index is 4.96. The van der Waals surface area contributed by atoms with Gasteiger partial charge in [0.15, 0.2) is 0 Å². The zero-order valence-corrected chi connectivity index (χ0v) is 10.7. The van der Waals surface area contributed by atoms with E-state index >= 15 is 0 Å². The Morgan fingerprint density at radius 1 is 1.14 bits per heavy atom. The molecule has 0 saturated heterocycles. The minimum atomic E-state index is -2.97. The van der Waals surface area contributed by atoms with E-state index in [4.69, 9.17) is 24.7 Å². The average Bonchev–Trinajstić information content (AvgIpc) is 2.19. The van der Waals surface area contributed by atoms with Crippen LogP contribution in [0.25, 0.3) is 0 Å². The number of hydrogen-bond acceptors (Lipinski definition) is 5. The van der Waals surface area contributed by atoms with Gasteiger partial charge in [0.05, 0.1) is 0 Å². The first kappa shape index (κ1) is 14.0. The van der Waals surface area contributed by atoms with Crippen molar-refractivity contribution in [3.63, 3.8) is 0 Å². The molecular weight excluding hydrogens is 200 g/mol. The average molecular weight is 222 g/mol. The maximum Gasteiger partial charge on any atom is 0.536 e. The van der Waals surface area contributed by atoms with Crippen LogP contribution < -0.4 is 11.5 Å². The van der Waals surface area contributed by atoms with Gasteiger partial charge in [0.25, 0.3) is 0 Å². The van der Waals surface area contributed by atoms with Crippen LogP contribution in [-0.2, 0) is 13.3 Å². The van der Waals surface area contributed by atoms with Crippen LogP contribution in [0, 0.1) is 5.92 Å². The molecule has 0 aliphatic carbocycles. The van der Waals surface area contributed by atoms with E-state index in [2.05, 4.69) is 0 Å². The van der Waals surface area contributed by atoms with Gasteiger partial charge in [0.1, 0.15) is 5.29 Å². The Morgan fingerprint density at radius 2 is 1.50 bits per heavy atom. The molecule has 14 heavy (non-hydrogen) atoms. The van der Waals surface area contributed by atoms with Crippen molar-refractivity contribution in [1.29, 1.82) is 0 Å². The zero-order chi connectivity index (χ0) is 11.4. The summed E-state index contributed by atoms with van der Waals surface area (Å²) in [4.78, 5) is 0. The highest BCUT2D eigenvalue weighted by atomic mass is 28.4. The molecule has 0 aromatic carbocycles. The fourth-order valence-corrected chi connectivity index (χ4v) is 3.79. The smallest absolute Gasteiger partial charge is 0.375 e. The summed E-state index contributed by atoms with van der Waals surface area (Å²) >= 11 is 0. The fourth-order valence-electron chi connectivity index (χ4n) is 1.42. The molecular formula is C8H22N2O3Si. The van der Waals surface area contributed by atoms with Crippen molar-refractivity contribution >= 4 is 8.80 Å². The lowest BCUT2D eigenvalue weighted by Gasteiger charge is -2.41. The largest absolute Gasteiger partial charge is 0.536 e. The molecule has 0 saturated carbocycles. The van der Waals surface area contributed by atoms with E-state index in [-0.39, 0.29) is 5.92 Å². The molecule has 0 bridgehead atoms. The van der Waals surface area contributed by atoms with Crippen LogP contribution in [0.5, 0.6) is 0 Å². The summed E-state index contributed by atoms with van der Waals surface area (Å²) in [7, 11) is 1.56. The molecule has 6 heteroatoms. The second kappa shape index (κ2) is 5.20. The molecule has 0 aromatic rings. The van der Waals surface area contributed by atoms with Crippen LogP contribution >= 0.6 is 0 Å². The van der Waals surface area contributed by atoms with E-state index in [1.54, 1.807) is 0 Å². The fraction of sp³-hybridized carbons (Fsp3) is 1.00. The maximum absolute atomic E-state index is 6.05. The molecule has 0 aromatic heterocycles. The molecule has 1 unspecified atom stereocenters. The van der Waals surface area contributed by atoms with Crippen molar-refractivity contribution in [2.45, 2.75) is 25.6 Å². The summed E-state index contributed by atoms with van der Waals surface area (Å²) in [5.74, 6) is 0.0639. The van der Waals surface area contributed by atoms with Crippen LogP contribution in [-0.4, -0.2) is 35.4 Å². The van der Waals surface area contributed by atoms with Gasteiger partial charge >= 0.3 is 8.80 Å². The van der Waals surface area contributed by atoms with Crippen molar-refractivity contribution in [3.8, 4) is 0 Å². The first-order valence-electron chi connectivity index (χ1n) is 4.65. The SMILES string of the molecule is CCC(C)C(N)(N)[Si](OC)(OC)OC. The highest BCUT2D eigenvalue weighted by Crippen LogP contribution is 2.25.